The fraction of sp³-hybridized carbons (Fsp3) is 0.333. The number of methoxy groups -OCH3 is 1. The Morgan fingerprint density at radius 1 is 1.32 bits per heavy atom. The van der Waals surface area contributed by atoms with Gasteiger partial charge in [-0.25, -0.2) is 0 Å². The minimum atomic E-state index is -0.00685. The lowest BCUT2D eigenvalue weighted by Crippen LogP contribution is -2.36. The molecule has 132 valence electrons. The molecule has 0 aromatic heterocycles. The number of nitrogens with zero attached hydrogens (tertiary/aromatic N) is 1. The number of ether oxygens (including phenoxy) is 1. The monoisotopic (exact) mass is 339 g/mol. The van der Waals surface area contributed by atoms with Crippen LogP contribution in [0.4, 0.5) is 0 Å². The van der Waals surface area contributed by atoms with Gasteiger partial charge in [-0.05, 0) is 35.6 Å². The second-order valence-electron chi connectivity index (χ2n) is 6.42. The fourth-order valence-corrected chi connectivity index (χ4v) is 3.63. The van der Waals surface area contributed by atoms with Gasteiger partial charge in [0.1, 0.15) is 0 Å². The van der Waals surface area contributed by atoms with Gasteiger partial charge in [-0.1, -0.05) is 36.4 Å². The molecule has 3 rings (SSSR count). The maximum absolute atomic E-state index is 10.3. The predicted octanol–water partition coefficient (Wildman–Crippen LogP) is 3.22. The highest BCUT2D eigenvalue weighted by atomic mass is 16.5. The Kier molecular flexibility index (Phi) is 5.41. The summed E-state index contributed by atoms with van der Waals surface area (Å²) in [5.41, 5.74) is 4.38. The molecule has 2 aromatic rings. The van der Waals surface area contributed by atoms with Crippen LogP contribution in [-0.2, 0) is 19.4 Å². The molecule has 4 heteroatoms. The molecule has 0 spiro atoms. The smallest absolute Gasteiger partial charge is 0.161 e. The van der Waals surface area contributed by atoms with Crippen LogP contribution in [0.1, 0.15) is 28.3 Å². The zero-order valence-electron chi connectivity index (χ0n) is 14.6. The van der Waals surface area contributed by atoms with E-state index < -0.39 is 0 Å². The maximum Gasteiger partial charge on any atom is 0.161 e. The number of aromatic hydroxyl groups is 1. The molecule has 0 fully saturated rings. The molecule has 0 saturated carbocycles. The normalized spacial score (nSPS) is 17.1. The van der Waals surface area contributed by atoms with Crippen molar-refractivity contribution in [2.24, 2.45) is 0 Å². The van der Waals surface area contributed by atoms with Crippen LogP contribution in [0.2, 0.25) is 0 Å². The van der Waals surface area contributed by atoms with Gasteiger partial charge < -0.3 is 14.9 Å². The van der Waals surface area contributed by atoms with Crippen LogP contribution in [0.3, 0.4) is 0 Å². The number of fused-ring (bicyclic) bond motifs is 1. The van der Waals surface area contributed by atoms with E-state index in [9.17, 15) is 10.2 Å². The maximum atomic E-state index is 10.3. The topological polar surface area (TPSA) is 52.9 Å². The number of aliphatic hydroxyl groups is 1. The van der Waals surface area contributed by atoms with Crippen LogP contribution < -0.4 is 4.74 Å². The number of aliphatic hydroxyl groups excluding tert-OH is 1. The molecular formula is C21H25NO3. The number of benzene rings is 2. The highest BCUT2D eigenvalue weighted by Gasteiger charge is 2.26. The lowest BCUT2D eigenvalue weighted by Gasteiger charge is -2.36. The Balaban J connectivity index is 1.89. The molecule has 2 N–H and O–H groups in total. The Morgan fingerprint density at radius 2 is 2.12 bits per heavy atom. The van der Waals surface area contributed by atoms with E-state index in [4.69, 9.17) is 4.74 Å². The molecule has 1 aliphatic rings. The molecule has 1 atom stereocenters. The van der Waals surface area contributed by atoms with Gasteiger partial charge in [0, 0.05) is 18.7 Å². The molecule has 0 aliphatic carbocycles. The van der Waals surface area contributed by atoms with Crippen LogP contribution in [0.25, 0.3) is 0 Å². The molecule has 25 heavy (non-hydrogen) atoms. The van der Waals surface area contributed by atoms with E-state index in [2.05, 4.69) is 29.7 Å². The van der Waals surface area contributed by atoms with Crippen molar-refractivity contribution in [3.8, 4) is 11.5 Å². The molecule has 0 saturated heterocycles. The number of rotatable bonds is 6. The third-order valence-corrected chi connectivity index (χ3v) is 4.88. The van der Waals surface area contributed by atoms with E-state index in [-0.39, 0.29) is 18.4 Å². The van der Waals surface area contributed by atoms with Crippen molar-refractivity contribution in [1.82, 2.24) is 4.90 Å². The average Bonchev–Trinajstić information content (AvgIpc) is 2.64. The summed E-state index contributed by atoms with van der Waals surface area (Å²) in [5.74, 6) is 0.654. The first-order valence-corrected chi connectivity index (χ1v) is 8.60. The summed E-state index contributed by atoms with van der Waals surface area (Å²) in [4.78, 5) is 2.28. The number of hydrogen-bond donors (Lipinski definition) is 2. The van der Waals surface area contributed by atoms with Gasteiger partial charge in [-0.15, -0.1) is 6.58 Å². The molecule has 0 amide bonds. The third kappa shape index (κ3) is 3.55. The van der Waals surface area contributed by atoms with Crippen LogP contribution in [0, 0.1) is 0 Å². The lowest BCUT2D eigenvalue weighted by molar-refractivity contribution is 0.108. The van der Waals surface area contributed by atoms with Crippen molar-refractivity contribution in [3.05, 3.63) is 71.3 Å². The highest BCUT2D eigenvalue weighted by molar-refractivity contribution is 5.49. The molecular weight excluding hydrogens is 314 g/mol. The Hall–Kier alpha value is -2.30. The summed E-state index contributed by atoms with van der Waals surface area (Å²) >= 11 is 0. The Morgan fingerprint density at radius 3 is 2.84 bits per heavy atom. The second-order valence-corrected chi connectivity index (χ2v) is 6.42. The first-order chi connectivity index (χ1) is 12.2. The summed E-state index contributed by atoms with van der Waals surface area (Å²) < 4.78 is 5.32. The number of allylic oxidation sites excluding steroid dienone is 1. The van der Waals surface area contributed by atoms with E-state index >= 15 is 0 Å². The SMILES string of the molecule is C=CCc1cc(CN2CCc3ccccc3C2CO)cc(OC)c1O. The minimum Gasteiger partial charge on any atom is -0.504 e. The minimum absolute atomic E-state index is 0.00685. The molecule has 4 nitrogen and oxygen atoms in total. The zero-order valence-corrected chi connectivity index (χ0v) is 14.6. The van der Waals surface area contributed by atoms with Gasteiger partial charge in [-0.2, -0.15) is 0 Å². The van der Waals surface area contributed by atoms with E-state index in [0.29, 0.717) is 18.7 Å². The van der Waals surface area contributed by atoms with Crippen molar-refractivity contribution in [2.45, 2.75) is 25.4 Å². The van der Waals surface area contributed by atoms with Crippen molar-refractivity contribution in [3.63, 3.8) is 0 Å². The number of hydrogen-bond acceptors (Lipinski definition) is 4. The molecule has 0 radical (unpaired) electrons. The van der Waals surface area contributed by atoms with Crippen LogP contribution in [0.5, 0.6) is 11.5 Å². The lowest BCUT2D eigenvalue weighted by atomic mass is 9.92. The predicted molar refractivity (Wildman–Crippen MR) is 98.9 cm³/mol. The van der Waals surface area contributed by atoms with Gasteiger partial charge in [-0.3, -0.25) is 4.90 Å². The molecule has 0 bridgehead atoms. The first kappa shape index (κ1) is 17.5. The largest absolute Gasteiger partial charge is 0.504 e. The molecule has 1 heterocycles. The summed E-state index contributed by atoms with van der Waals surface area (Å²) in [7, 11) is 1.56. The van der Waals surface area contributed by atoms with Crippen molar-refractivity contribution in [1.29, 1.82) is 0 Å². The zero-order chi connectivity index (χ0) is 17.8. The average molecular weight is 339 g/mol. The number of phenolic OH excluding ortho intramolecular Hbond substituents is 1. The summed E-state index contributed by atoms with van der Waals surface area (Å²) in [6.07, 6.45) is 3.33. The van der Waals surface area contributed by atoms with Gasteiger partial charge in [0.25, 0.3) is 0 Å². The first-order valence-electron chi connectivity index (χ1n) is 8.60. The second kappa shape index (κ2) is 7.72. The molecule has 1 aliphatic heterocycles. The third-order valence-electron chi connectivity index (χ3n) is 4.88. The Bertz CT molecular complexity index is 757. The van der Waals surface area contributed by atoms with Crippen molar-refractivity contribution >= 4 is 0 Å². The number of phenols is 1. The Labute approximate surface area is 149 Å². The van der Waals surface area contributed by atoms with Gasteiger partial charge in [0.2, 0.25) is 0 Å². The van der Waals surface area contributed by atoms with Crippen molar-refractivity contribution < 1.29 is 14.9 Å². The highest BCUT2D eigenvalue weighted by Crippen LogP contribution is 2.35. The van der Waals surface area contributed by atoms with Crippen LogP contribution in [-0.4, -0.2) is 35.4 Å². The summed E-state index contributed by atoms with van der Waals surface area (Å²) in [6, 6.07) is 12.2. The van der Waals surface area contributed by atoms with E-state index in [1.165, 1.54) is 11.1 Å². The molecule has 1 unspecified atom stereocenters. The van der Waals surface area contributed by atoms with Crippen LogP contribution >= 0.6 is 0 Å². The quantitative estimate of drug-likeness (QED) is 0.794. The summed E-state index contributed by atoms with van der Waals surface area (Å²) in [6.45, 7) is 5.43. The van der Waals surface area contributed by atoms with Gasteiger partial charge in [0.15, 0.2) is 11.5 Å². The standard InChI is InChI=1S/C21H25NO3/c1-3-6-17-11-15(12-20(25-2)21(17)24)13-22-10-9-16-7-4-5-8-18(16)19(22)14-23/h3-5,7-8,11-12,19,23-24H,1,6,9-10,13-14H2,2H3. The van der Waals surface area contributed by atoms with Gasteiger partial charge in [0.05, 0.1) is 19.8 Å². The molecule has 2 aromatic carbocycles. The fourth-order valence-electron chi connectivity index (χ4n) is 3.63. The van der Waals surface area contributed by atoms with Crippen LogP contribution in [0.15, 0.2) is 49.1 Å². The van der Waals surface area contributed by atoms with Gasteiger partial charge >= 0.3 is 0 Å². The van der Waals surface area contributed by atoms with E-state index in [1.807, 2.05) is 18.2 Å². The van der Waals surface area contributed by atoms with E-state index in [1.54, 1.807) is 13.2 Å². The van der Waals surface area contributed by atoms with E-state index in [0.717, 1.165) is 24.1 Å². The van der Waals surface area contributed by atoms with Crippen molar-refractivity contribution in [2.75, 3.05) is 20.3 Å². The summed E-state index contributed by atoms with van der Waals surface area (Å²) in [5, 5.41) is 20.2.